The maximum Gasteiger partial charge on any atom is 0.308 e. The van der Waals surface area contributed by atoms with Gasteiger partial charge in [0.2, 0.25) is 5.91 Å². The van der Waals surface area contributed by atoms with Crippen LogP contribution in [0.1, 0.15) is 32.6 Å². The first kappa shape index (κ1) is 13.3. The predicted molar refractivity (Wildman–Crippen MR) is 67.1 cm³/mol. The van der Waals surface area contributed by atoms with Gasteiger partial charge >= 0.3 is 5.97 Å². The molecule has 2 aliphatic heterocycles. The monoisotopic (exact) mass is 254 g/mol. The Bertz CT molecular complexity index is 326. The summed E-state index contributed by atoms with van der Waals surface area (Å²) in [4.78, 5) is 25.0. The summed E-state index contributed by atoms with van der Waals surface area (Å²) in [7, 11) is 0. The second kappa shape index (κ2) is 5.69. The molecule has 2 saturated heterocycles. The van der Waals surface area contributed by atoms with Gasteiger partial charge in [0.15, 0.2) is 0 Å². The molecule has 2 heterocycles. The third-order valence-electron chi connectivity index (χ3n) is 4.25. The second-order valence-electron chi connectivity index (χ2n) is 5.48. The number of aliphatic carboxylic acids is 1. The number of hydrogen-bond donors (Lipinski definition) is 2. The number of rotatable bonds is 3. The molecule has 2 aliphatic rings. The minimum atomic E-state index is -0.780. The van der Waals surface area contributed by atoms with Crippen LogP contribution < -0.4 is 5.32 Å². The quantitative estimate of drug-likeness (QED) is 0.778. The minimum absolute atomic E-state index is 0.125. The summed E-state index contributed by atoms with van der Waals surface area (Å²) in [6, 6.07) is -0.161. The molecule has 1 amide bonds. The Morgan fingerprint density at radius 3 is 2.72 bits per heavy atom. The molecule has 5 heteroatoms. The molecule has 0 aromatic carbocycles. The molecule has 18 heavy (non-hydrogen) atoms. The second-order valence-corrected chi connectivity index (χ2v) is 5.48. The van der Waals surface area contributed by atoms with Crippen molar-refractivity contribution in [2.24, 2.45) is 11.8 Å². The van der Waals surface area contributed by atoms with Crippen LogP contribution in [0.4, 0.5) is 0 Å². The van der Waals surface area contributed by atoms with Crippen LogP contribution in [0.5, 0.6) is 0 Å². The van der Waals surface area contributed by atoms with Gasteiger partial charge in [0.1, 0.15) is 0 Å². The van der Waals surface area contributed by atoms with Crippen molar-refractivity contribution in [3.63, 3.8) is 0 Å². The molecule has 0 aromatic rings. The smallest absolute Gasteiger partial charge is 0.308 e. The zero-order valence-electron chi connectivity index (χ0n) is 10.9. The predicted octanol–water partition coefficient (Wildman–Crippen LogP) is 0.698. The summed E-state index contributed by atoms with van der Waals surface area (Å²) in [6.07, 6.45) is 3.38. The summed E-state index contributed by atoms with van der Waals surface area (Å²) >= 11 is 0. The van der Waals surface area contributed by atoms with Crippen LogP contribution >= 0.6 is 0 Å². The number of nitrogens with zero attached hydrogens (tertiary/aromatic N) is 1. The van der Waals surface area contributed by atoms with E-state index in [-0.39, 0.29) is 11.9 Å². The molecule has 0 radical (unpaired) electrons. The van der Waals surface area contributed by atoms with Gasteiger partial charge in [-0.1, -0.05) is 0 Å². The van der Waals surface area contributed by atoms with Gasteiger partial charge in [-0.3, -0.25) is 9.59 Å². The first-order valence-electron chi connectivity index (χ1n) is 6.82. The number of piperidine rings is 1. The Labute approximate surface area is 108 Å². The molecule has 0 aromatic heterocycles. The van der Waals surface area contributed by atoms with Crippen molar-refractivity contribution in [1.82, 2.24) is 10.2 Å². The van der Waals surface area contributed by atoms with Gasteiger partial charge in [0, 0.05) is 19.0 Å². The Balaban J connectivity index is 1.87. The number of amides is 1. The Morgan fingerprint density at radius 1 is 1.39 bits per heavy atom. The van der Waals surface area contributed by atoms with Crippen molar-refractivity contribution in [2.75, 3.05) is 19.6 Å². The molecular weight excluding hydrogens is 232 g/mol. The molecule has 0 spiro atoms. The average molecular weight is 254 g/mol. The van der Waals surface area contributed by atoms with E-state index in [1.165, 1.54) is 0 Å². The van der Waals surface area contributed by atoms with Crippen LogP contribution in [0.25, 0.3) is 0 Å². The lowest BCUT2D eigenvalue weighted by Gasteiger charge is -2.27. The van der Waals surface area contributed by atoms with Crippen molar-refractivity contribution in [2.45, 2.75) is 38.6 Å². The fraction of sp³-hybridized carbons (Fsp3) is 0.846. The maximum absolute atomic E-state index is 12.2. The van der Waals surface area contributed by atoms with Crippen molar-refractivity contribution in [1.29, 1.82) is 0 Å². The van der Waals surface area contributed by atoms with Crippen molar-refractivity contribution >= 4 is 11.9 Å². The molecule has 2 N–H and O–H groups in total. The van der Waals surface area contributed by atoms with E-state index in [2.05, 4.69) is 5.32 Å². The van der Waals surface area contributed by atoms with Crippen molar-refractivity contribution < 1.29 is 14.7 Å². The fourth-order valence-electron chi connectivity index (χ4n) is 3.08. The van der Waals surface area contributed by atoms with E-state index in [0.717, 1.165) is 25.9 Å². The van der Waals surface area contributed by atoms with Crippen LogP contribution in [0.15, 0.2) is 0 Å². The molecule has 0 saturated carbocycles. The molecule has 3 atom stereocenters. The Hall–Kier alpha value is -1.10. The van der Waals surface area contributed by atoms with Gasteiger partial charge < -0.3 is 15.3 Å². The first-order valence-corrected chi connectivity index (χ1v) is 6.82. The third-order valence-corrected chi connectivity index (χ3v) is 4.25. The molecule has 0 bridgehead atoms. The first-order chi connectivity index (χ1) is 8.59. The van der Waals surface area contributed by atoms with Crippen LogP contribution in [0.3, 0.4) is 0 Å². The molecule has 0 aliphatic carbocycles. The van der Waals surface area contributed by atoms with Crippen molar-refractivity contribution in [3.05, 3.63) is 0 Å². The lowest BCUT2D eigenvalue weighted by Crippen LogP contribution is -2.40. The Kier molecular flexibility index (Phi) is 4.22. The molecule has 102 valence electrons. The number of carboxylic acids is 1. The number of likely N-dealkylation sites (tertiary alicyclic amines) is 1. The molecule has 3 unspecified atom stereocenters. The van der Waals surface area contributed by atoms with Crippen molar-refractivity contribution in [3.8, 4) is 0 Å². The van der Waals surface area contributed by atoms with E-state index in [1.54, 1.807) is 4.90 Å². The largest absolute Gasteiger partial charge is 0.481 e. The molecular formula is C13H22N2O3. The average Bonchev–Trinajstić information content (AvgIpc) is 2.72. The van der Waals surface area contributed by atoms with Gasteiger partial charge in [-0.2, -0.15) is 0 Å². The Morgan fingerprint density at radius 2 is 2.17 bits per heavy atom. The van der Waals surface area contributed by atoms with E-state index in [1.807, 2.05) is 6.92 Å². The minimum Gasteiger partial charge on any atom is -0.481 e. The van der Waals surface area contributed by atoms with E-state index in [0.29, 0.717) is 25.3 Å². The molecule has 2 rings (SSSR count). The normalized spacial score (nSPS) is 32.5. The highest BCUT2D eigenvalue weighted by Gasteiger charge is 2.38. The third kappa shape index (κ3) is 2.83. The lowest BCUT2D eigenvalue weighted by molar-refractivity contribution is -0.143. The SMILES string of the molecule is CC1C(C(=O)O)CCN1C(=O)CC1CCCNC1. The number of carboxylic acid groups (broad SMARTS) is 1. The molecule has 5 nitrogen and oxygen atoms in total. The zero-order valence-corrected chi connectivity index (χ0v) is 10.9. The fourth-order valence-corrected chi connectivity index (χ4v) is 3.08. The summed E-state index contributed by atoms with van der Waals surface area (Å²) in [5.74, 6) is -0.627. The topological polar surface area (TPSA) is 69.6 Å². The van der Waals surface area contributed by atoms with E-state index < -0.39 is 11.9 Å². The van der Waals surface area contributed by atoms with Crippen LogP contribution in [0, 0.1) is 11.8 Å². The lowest BCUT2D eigenvalue weighted by atomic mass is 9.95. The van der Waals surface area contributed by atoms with E-state index in [9.17, 15) is 9.59 Å². The zero-order chi connectivity index (χ0) is 13.1. The van der Waals surface area contributed by atoms with Gasteiger partial charge in [-0.15, -0.1) is 0 Å². The van der Waals surface area contributed by atoms with Crippen LogP contribution in [-0.4, -0.2) is 47.6 Å². The summed E-state index contributed by atoms with van der Waals surface area (Å²) < 4.78 is 0. The van der Waals surface area contributed by atoms with Gasteiger partial charge in [0.25, 0.3) is 0 Å². The van der Waals surface area contributed by atoms with Gasteiger partial charge in [-0.25, -0.2) is 0 Å². The number of hydrogen-bond acceptors (Lipinski definition) is 3. The maximum atomic E-state index is 12.2. The summed E-state index contributed by atoms with van der Waals surface area (Å²) in [6.45, 7) is 4.40. The standard InChI is InChI=1S/C13H22N2O3/c1-9-11(13(17)18)4-6-15(9)12(16)7-10-3-2-5-14-8-10/h9-11,14H,2-8H2,1H3,(H,17,18). The summed E-state index contributed by atoms with van der Waals surface area (Å²) in [5, 5.41) is 12.4. The number of carbonyl (C=O) groups excluding carboxylic acids is 1. The number of nitrogens with one attached hydrogen (secondary N) is 1. The van der Waals surface area contributed by atoms with Crippen LogP contribution in [-0.2, 0) is 9.59 Å². The van der Waals surface area contributed by atoms with Gasteiger partial charge in [0.05, 0.1) is 5.92 Å². The molecule has 2 fully saturated rings. The highest BCUT2D eigenvalue weighted by atomic mass is 16.4. The summed E-state index contributed by atoms with van der Waals surface area (Å²) in [5.41, 5.74) is 0. The highest BCUT2D eigenvalue weighted by molar-refractivity contribution is 5.79. The highest BCUT2D eigenvalue weighted by Crippen LogP contribution is 2.26. The van der Waals surface area contributed by atoms with Gasteiger partial charge in [-0.05, 0) is 45.2 Å². The van der Waals surface area contributed by atoms with E-state index in [4.69, 9.17) is 5.11 Å². The number of carbonyl (C=O) groups is 2. The van der Waals surface area contributed by atoms with E-state index >= 15 is 0 Å². The van der Waals surface area contributed by atoms with Crippen LogP contribution in [0.2, 0.25) is 0 Å².